The largest absolute Gasteiger partial charge is 0.312 e. The lowest BCUT2D eigenvalue weighted by Gasteiger charge is -2.00. The van der Waals surface area contributed by atoms with E-state index in [-0.39, 0.29) is 4.21 Å². The van der Waals surface area contributed by atoms with Crippen LogP contribution in [0.1, 0.15) is 0 Å². The van der Waals surface area contributed by atoms with Crippen LogP contribution in [0.25, 0.3) is 10.2 Å². The predicted octanol–water partition coefficient (Wildman–Crippen LogP) is 3.24. The lowest BCUT2D eigenvalue weighted by molar-refractivity contribution is 0.598. The first kappa shape index (κ1) is 14.2. The highest BCUT2D eigenvalue weighted by molar-refractivity contribution is 7.92. The van der Waals surface area contributed by atoms with E-state index in [4.69, 9.17) is 0 Å². The van der Waals surface area contributed by atoms with Gasteiger partial charge in [0.1, 0.15) is 4.21 Å². The highest BCUT2D eigenvalue weighted by atomic mass is 32.2. The molecule has 0 aliphatic heterocycles. The standard InChI is InChI=1S/C14H12N2O2S3/c1-2-9-16-11-6-3-4-7-12(11)20-14(16)15-21(17,18)13-8-5-10-19-13/h2-8,10H,1,9H2. The van der Waals surface area contributed by atoms with E-state index >= 15 is 0 Å². The molecule has 4 nitrogen and oxygen atoms in total. The summed E-state index contributed by atoms with van der Waals surface area (Å²) in [6, 6.07) is 11.0. The first-order valence-electron chi connectivity index (χ1n) is 6.15. The molecule has 2 heterocycles. The van der Waals surface area contributed by atoms with E-state index < -0.39 is 10.0 Å². The molecule has 0 aliphatic rings. The highest BCUT2D eigenvalue weighted by Gasteiger charge is 2.15. The number of thiophene rings is 1. The van der Waals surface area contributed by atoms with Crippen LogP contribution in [0.15, 0.2) is 63.0 Å². The van der Waals surface area contributed by atoms with Crippen molar-refractivity contribution < 1.29 is 8.42 Å². The van der Waals surface area contributed by atoms with Crippen LogP contribution in [0, 0.1) is 0 Å². The van der Waals surface area contributed by atoms with Gasteiger partial charge in [-0.05, 0) is 23.6 Å². The van der Waals surface area contributed by atoms with Crippen molar-refractivity contribution in [3.8, 4) is 0 Å². The van der Waals surface area contributed by atoms with Gasteiger partial charge in [-0.15, -0.1) is 22.3 Å². The summed E-state index contributed by atoms with van der Waals surface area (Å²) in [5, 5.41) is 1.73. The Morgan fingerprint density at radius 3 is 2.76 bits per heavy atom. The second-order valence-corrected chi connectivity index (χ2v) is 8.04. The Morgan fingerprint density at radius 1 is 1.24 bits per heavy atom. The topological polar surface area (TPSA) is 51.4 Å². The number of para-hydroxylation sites is 1. The fourth-order valence-electron chi connectivity index (χ4n) is 1.95. The van der Waals surface area contributed by atoms with Crippen molar-refractivity contribution in [1.82, 2.24) is 4.57 Å². The van der Waals surface area contributed by atoms with Gasteiger partial charge < -0.3 is 4.57 Å². The number of sulfonamides is 1. The third kappa shape index (κ3) is 2.72. The van der Waals surface area contributed by atoms with Gasteiger partial charge in [-0.2, -0.15) is 8.42 Å². The molecule has 0 N–H and O–H groups in total. The van der Waals surface area contributed by atoms with Gasteiger partial charge in [0.05, 0.1) is 10.2 Å². The fraction of sp³-hybridized carbons (Fsp3) is 0.0714. The Kier molecular flexibility index (Phi) is 3.79. The number of rotatable bonds is 4. The number of hydrogen-bond acceptors (Lipinski definition) is 4. The molecule has 0 bridgehead atoms. The molecule has 0 radical (unpaired) electrons. The molecular formula is C14H12N2O2S3. The summed E-state index contributed by atoms with van der Waals surface area (Å²) < 4.78 is 31.7. The summed E-state index contributed by atoms with van der Waals surface area (Å²) in [4.78, 5) is 0.463. The van der Waals surface area contributed by atoms with Gasteiger partial charge in [0.2, 0.25) is 4.80 Å². The van der Waals surface area contributed by atoms with Crippen molar-refractivity contribution in [2.75, 3.05) is 0 Å². The number of fused-ring (bicyclic) bond motifs is 1. The molecule has 3 aromatic rings. The van der Waals surface area contributed by atoms with Crippen LogP contribution >= 0.6 is 22.7 Å². The maximum atomic E-state index is 12.3. The molecule has 0 saturated carbocycles. The Labute approximate surface area is 130 Å². The Morgan fingerprint density at radius 2 is 2.05 bits per heavy atom. The molecule has 0 atom stereocenters. The van der Waals surface area contributed by atoms with E-state index in [2.05, 4.69) is 11.0 Å². The molecule has 3 rings (SSSR count). The summed E-state index contributed by atoms with van der Waals surface area (Å²) in [6.07, 6.45) is 1.73. The van der Waals surface area contributed by atoms with Crippen LogP contribution < -0.4 is 4.80 Å². The van der Waals surface area contributed by atoms with Gasteiger partial charge in [0.15, 0.2) is 0 Å². The van der Waals surface area contributed by atoms with Gasteiger partial charge in [0, 0.05) is 6.54 Å². The van der Waals surface area contributed by atoms with Gasteiger partial charge >= 0.3 is 0 Å². The van der Waals surface area contributed by atoms with Crippen LogP contribution in [-0.4, -0.2) is 13.0 Å². The maximum Gasteiger partial charge on any atom is 0.294 e. The minimum atomic E-state index is -3.66. The predicted molar refractivity (Wildman–Crippen MR) is 87.1 cm³/mol. The molecule has 21 heavy (non-hydrogen) atoms. The molecular weight excluding hydrogens is 324 g/mol. The minimum Gasteiger partial charge on any atom is -0.312 e. The number of thiazole rings is 1. The van der Waals surface area contributed by atoms with Gasteiger partial charge in [-0.25, -0.2) is 0 Å². The van der Waals surface area contributed by atoms with E-state index in [0.29, 0.717) is 11.3 Å². The van der Waals surface area contributed by atoms with Crippen LogP contribution in [0.3, 0.4) is 0 Å². The Balaban J connectivity index is 2.27. The van der Waals surface area contributed by atoms with Crippen molar-refractivity contribution in [2.24, 2.45) is 4.40 Å². The number of aromatic nitrogens is 1. The van der Waals surface area contributed by atoms with Crippen LogP contribution in [-0.2, 0) is 16.6 Å². The Hall–Kier alpha value is -1.70. The zero-order valence-electron chi connectivity index (χ0n) is 11.0. The zero-order valence-corrected chi connectivity index (χ0v) is 13.4. The Bertz CT molecular complexity index is 948. The van der Waals surface area contributed by atoms with E-state index in [1.165, 1.54) is 22.7 Å². The van der Waals surface area contributed by atoms with E-state index in [1.54, 1.807) is 23.6 Å². The van der Waals surface area contributed by atoms with E-state index in [0.717, 1.165) is 10.2 Å². The second kappa shape index (κ2) is 5.59. The summed E-state index contributed by atoms with van der Waals surface area (Å²) in [5.74, 6) is 0. The lowest BCUT2D eigenvalue weighted by atomic mass is 10.3. The molecule has 0 fully saturated rings. The molecule has 108 valence electrons. The molecule has 0 spiro atoms. The highest BCUT2D eigenvalue weighted by Crippen LogP contribution is 2.20. The van der Waals surface area contributed by atoms with Crippen molar-refractivity contribution in [1.29, 1.82) is 0 Å². The first-order valence-corrected chi connectivity index (χ1v) is 9.29. The molecule has 0 amide bonds. The smallest absolute Gasteiger partial charge is 0.294 e. The fourth-order valence-corrected chi connectivity index (χ4v) is 5.17. The van der Waals surface area contributed by atoms with Gasteiger partial charge in [-0.3, -0.25) is 0 Å². The van der Waals surface area contributed by atoms with Crippen LogP contribution in [0.5, 0.6) is 0 Å². The third-order valence-electron chi connectivity index (χ3n) is 2.85. The SMILES string of the molecule is C=CCn1c(=NS(=O)(=O)c2cccs2)sc2ccccc21. The van der Waals surface area contributed by atoms with Crippen molar-refractivity contribution in [3.05, 3.63) is 59.2 Å². The average Bonchev–Trinajstić information content (AvgIpc) is 3.08. The minimum absolute atomic E-state index is 0.255. The molecule has 7 heteroatoms. The van der Waals surface area contributed by atoms with E-state index in [1.807, 2.05) is 28.8 Å². The molecule has 0 aliphatic carbocycles. The quantitative estimate of drug-likeness (QED) is 0.687. The first-order chi connectivity index (χ1) is 10.1. The van der Waals surface area contributed by atoms with Crippen molar-refractivity contribution in [2.45, 2.75) is 10.8 Å². The lowest BCUT2D eigenvalue weighted by Crippen LogP contribution is -2.16. The second-order valence-electron chi connectivity index (χ2n) is 4.25. The van der Waals surface area contributed by atoms with Crippen molar-refractivity contribution in [3.63, 3.8) is 0 Å². The summed E-state index contributed by atoms with van der Waals surface area (Å²) >= 11 is 2.53. The summed E-state index contributed by atoms with van der Waals surface area (Å²) in [6.45, 7) is 4.24. The molecule has 0 unspecified atom stereocenters. The van der Waals surface area contributed by atoms with E-state index in [9.17, 15) is 8.42 Å². The van der Waals surface area contributed by atoms with Gasteiger partial charge in [0.25, 0.3) is 10.0 Å². The monoisotopic (exact) mass is 336 g/mol. The van der Waals surface area contributed by atoms with Crippen molar-refractivity contribution >= 4 is 42.9 Å². The number of hydrogen-bond donors (Lipinski definition) is 0. The van der Waals surface area contributed by atoms with Crippen LogP contribution in [0.4, 0.5) is 0 Å². The zero-order chi connectivity index (χ0) is 14.9. The molecule has 2 aromatic heterocycles. The van der Waals surface area contributed by atoms with Crippen LogP contribution in [0.2, 0.25) is 0 Å². The number of nitrogens with zero attached hydrogens (tertiary/aromatic N) is 2. The maximum absolute atomic E-state index is 12.3. The summed E-state index contributed by atoms with van der Waals surface area (Å²) in [5.41, 5.74) is 0.961. The third-order valence-corrected chi connectivity index (χ3v) is 6.66. The summed E-state index contributed by atoms with van der Waals surface area (Å²) in [7, 11) is -3.66. The molecule has 0 saturated heterocycles. The molecule has 1 aromatic carbocycles. The number of benzene rings is 1. The number of allylic oxidation sites excluding steroid dienone is 1. The van der Waals surface area contributed by atoms with Gasteiger partial charge in [-0.1, -0.05) is 35.6 Å². The average molecular weight is 336 g/mol. The normalized spacial score (nSPS) is 12.9.